The summed E-state index contributed by atoms with van der Waals surface area (Å²) in [7, 11) is 0.916. The molecule has 138 valence electrons. The summed E-state index contributed by atoms with van der Waals surface area (Å²) in [5.74, 6) is 0. The minimum absolute atomic E-state index is 0.113. The minimum Gasteiger partial charge on any atom is -0.0826 e. The van der Waals surface area contributed by atoms with Crippen LogP contribution in [-0.2, 0) is 0 Å². The molecule has 3 aromatic rings. The first-order valence-electron chi connectivity index (χ1n) is 9.86. The molecule has 1 saturated heterocycles. The van der Waals surface area contributed by atoms with Gasteiger partial charge in [0.1, 0.15) is 0 Å². The molecular weight excluding hydrogens is 374 g/mol. The molecule has 0 aromatic heterocycles. The van der Waals surface area contributed by atoms with Crippen molar-refractivity contribution in [1.82, 2.24) is 0 Å². The van der Waals surface area contributed by atoms with Crippen LogP contribution in [0.2, 0.25) is 0 Å². The Bertz CT molecular complexity index is 1080. The van der Waals surface area contributed by atoms with Gasteiger partial charge in [0, 0.05) is 4.90 Å². The summed E-state index contributed by atoms with van der Waals surface area (Å²) >= 11 is 0. The van der Waals surface area contributed by atoms with Gasteiger partial charge in [0.25, 0.3) is 0 Å². The molecule has 3 aromatic carbocycles. The van der Waals surface area contributed by atoms with E-state index in [9.17, 15) is 0 Å². The molecule has 1 aliphatic heterocycles. The van der Waals surface area contributed by atoms with Crippen LogP contribution in [0.3, 0.4) is 0 Å². The van der Waals surface area contributed by atoms with Crippen LogP contribution in [0, 0.1) is 6.92 Å². The third-order valence-corrected chi connectivity index (χ3v) is 12.5. The first kappa shape index (κ1) is 18.1. The van der Waals surface area contributed by atoms with Crippen molar-refractivity contribution in [2.24, 2.45) is 0 Å². The van der Waals surface area contributed by atoms with Crippen LogP contribution in [0.15, 0.2) is 96.6 Å². The molecule has 2 heteroatoms. The summed E-state index contributed by atoms with van der Waals surface area (Å²) in [5, 5.41) is 1.56. The SMILES string of the molecule is CC1=C(c2ccccc2C)C2(CC=C1)PP2c1ccc(-c2ccccc2)cc1. The molecule has 28 heavy (non-hydrogen) atoms. The van der Waals surface area contributed by atoms with Gasteiger partial charge in [-0.05, 0) is 66.6 Å². The zero-order chi connectivity index (χ0) is 19.1. The van der Waals surface area contributed by atoms with Crippen molar-refractivity contribution in [3.8, 4) is 11.1 Å². The predicted molar refractivity (Wildman–Crippen MR) is 127 cm³/mol. The van der Waals surface area contributed by atoms with Crippen molar-refractivity contribution in [2.45, 2.75) is 25.2 Å². The molecule has 0 N–H and O–H groups in total. The van der Waals surface area contributed by atoms with E-state index in [4.69, 9.17) is 0 Å². The number of allylic oxidation sites excluding steroid dienone is 4. The molecule has 0 saturated carbocycles. The molecule has 0 nitrogen and oxygen atoms in total. The second kappa shape index (κ2) is 7.11. The summed E-state index contributed by atoms with van der Waals surface area (Å²) < 4.78 is 0. The Labute approximate surface area is 170 Å². The second-order valence-corrected chi connectivity index (χ2v) is 13.2. The number of rotatable bonds is 3. The smallest absolute Gasteiger partial charge is 0.0487 e. The monoisotopic (exact) mass is 398 g/mol. The number of aryl methyl sites for hydroxylation is 1. The summed E-state index contributed by atoms with van der Waals surface area (Å²) in [6.07, 6.45) is 5.94. The molecule has 3 unspecified atom stereocenters. The fraction of sp³-hybridized carbons (Fsp3) is 0.154. The number of hydrogen-bond donors (Lipinski definition) is 0. The van der Waals surface area contributed by atoms with Gasteiger partial charge in [0.2, 0.25) is 0 Å². The highest BCUT2D eigenvalue weighted by molar-refractivity contribution is 8.43. The summed E-state index contributed by atoms with van der Waals surface area (Å²) in [6.45, 7) is 4.55. The average Bonchev–Trinajstić information content (AvgIpc) is 3.44. The van der Waals surface area contributed by atoms with Crippen LogP contribution < -0.4 is 5.30 Å². The van der Waals surface area contributed by atoms with Crippen molar-refractivity contribution < 1.29 is 0 Å². The van der Waals surface area contributed by atoms with Crippen molar-refractivity contribution in [3.63, 3.8) is 0 Å². The van der Waals surface area contributed by atoms with Crippen molar-refractivity contribution in [1.29, 1.82) is 0 Å². The topological polar surface area (TPSA) is 0 Å². The fourth-order valence-corrected chi connectivity index (χ4v) is 11.0. The van der Waals surface area contributed by atoms with Crippen molar-refractivity contribution >= 4 is 26.8 Å². The Morgan fingerprint density at radius 1 is 0.786 bits per heavy atom. The molecule has 0 amide bonds. The average molecular weight is 398 g/mol. The van der Waals surface area contributed by atoms with E-state index in [0.717, 1.165) is 8.27 Å². The molecule has 1 fully saturated rings. The zero-order valence-corrected chi connectivity index (χ0v) is 18.2. The summed E-state index contributed by atoms with van der Waals surface area (Å²) in [6, 6.07) is 29.0. The maximum Gasteiger partial charge on any atom is 0.0487 e. The van der Waals surface area contributed by atoms with E-state index in [1.54, 1.807) is 10.9 Å². The quantitative estimate of drug-likeness (QED) is 0.401. The van der Waals surface area contributed by atoms with E-state index < -0.39 is 0 Å². The highest BCUT2D eigenvalue weighted by Gasteiger charge is 2.57. The predicted octanol–water partition coefficient (Wildman–Crippen LogP) is 7.51. The van der Waals surface area contributed by atoms with E-state index in [1.165, 1.54) is 34.2 Å². The molecule has 3 atom stereocenters. The molecule has 2 aliphatic rings. The third-order valence-electron chi connectivity index (χ3n) is 5.86. The second-order valence-electron chi connectivity index (χ2n) is 7.70. The minimum atomic E-state index is -0.113. The molecule has 0 bridgehead atoms. The van der Waals surface area contributed by atoms with Gasteiger partial charge in [-0.15, -0.1) is 0 Å². The molecule has 1 spiro atoms. The van der Waals surface area contributed by atoms with Gasteiger partial charge in [0.15, 0.2) is 0 Å². The lowest BCUT2D eigenvalue weighted by Gasteiger charge is -2.26. The van der Waals surface area contributed by atoms with Crippen molar-refractivity contribution in [3.05, 3.63) is 108 Å². The van der Waals surface area contributed by atoms with Gasteiger partial charge in [-0.25, -0.2) is 0 Å². The Kier molecular flexibility index (Phi) is 4.59. The van der Waals surface area contributed by atoms with Crippen molar-refractivity contribution in [2.75, 3.05) is 0 Å². The van der Waals surface area contributed by atoms with E-state index in [0.29, 0.717) is 4.90 Å². The maximum absolute atomic E-state index is 2.41. The highest BCUT2D eigenvalue weighted by atomic mass is 32.1. The Balaban J connectivity index is 1.49. The van der Waals surface area contributed by atoms with E-state index >= 15 is 0 Å². The molecule has 1 heterocycles. The highest BCUT2D eigenvalue weighted by Crippen LogP contribution is 2.95. The first-order chi connectivity index (χ1) is 13.7. The number of benzene rings is 3. The van der Waals surface area contributed by atoms with Crippen LogP contribution in [0.25, 0.3) is 16.7 Å². The Hall–Kier alpha value is -2.00. The van der Waals surface area contributed by atoms with E-state index in [2.05, 4.69) is 105 Å². The fourth-order valence-electron chi connectivity index (χ4n) is 4.39. The molecular formula is C26H24P2. The van der Waals surface area contributed by atoms with E-state index in [1.807, 2.05) is 0 Å². The number of hydrogen-bond acceptors (Lipinski definition) is 0. The maximum atomic E-state index is 2.41. The zero-order valence-electron chi connectivity index (χ0n) is 16.3. The summed E-state index contributed by atoms with van der Waals surface area (Å²) in [4.78, 5) is 0.370. The van der Waals surface area contributed by atoms with Gasteiger partial charge in [-0.3, -0.25) is 0 Å². The molecule has 1 aliphatic carbocycles. The summed E-state index contributed by atoms with van der Waals surface area (Å²) in [5.41, 5.74) is 8.55. The largest absolute Gasteiger partial charge is 0.0826 e. The molecule has 5 rings (SSSR count). The lowest BCUT2D eigenvalue weighted by molar-refractivity contribution is 1.01. The van der Waals surface area contributed by atoms with Gasteiger partial charge in [-0.2, -0.15) is 0 Å². The van der Waals surface area contributed by atoms with Gasteiger partial charge >= 0.3 is 0 Å². The standard InChI is InChI=1S/C26H24P2/c1-19-9-6-7-13-24(19)25-20(2)10-8-18-26(25)27-28(26)23-16-14-22(15-17-23)21-11-4-3-5-12-21/h3-17,27H,18H2,1-2H3. The Morgan fingerprint density at radius 3 is 2.21 bits per heavy atom. The van der Waals surface area contributed by atoms with Crippen LogP contribution in [0.4, 0.5) is 0 Å². The van der Waals surface area contributed by atoms with Crippen LogP contribution in [0.1, 0.15) is 24.5 Å². The van der Waals surface area contributed by atoms with Crippen LogP contribution in [-0.4, -0.2) is 4.90 Å². The normalized spacial score (nSPS) is 24.1. The van der Waals surface area contributed by atoms with Crippen LogP contribution >= 0.6 is 15.9 Å². The van der Waals surface area contributed by atoms with Gasteiger partial charge in [0.05, 0.1) is 0 Å². The van der Waals surface area contributed by atoms with Crippen LogP contribution in [0.5, 0.6) is 0 Å². The Morgan fingerprint density at radius 2 is 1.46 bits per heavy atom. The lowest BCUT2D eigenvalue weighted by atomic mass is 9.89. The lowest BCUT2D eigenvalue weighted by Crippen LogP contribution is -2.15. The van der Waals surface area contributed by atoms with Gasteiger partial charge in [-0.1, -0.05) is 99.3 Å². The van der Waals surface area contributed by atoms with E-state index in [-0.39, 0.29) is 7.61 Å². The van der Waals surface area contributed by atoms with Gasteiger partial charge < -0.3 is 0 Å². The third kappa shape index (κ3) is 3.00. The first-order valence-corrected chi connectivity index (χ1v) is 13.0. The molecule has 0 radical (unpaired) electrons.